The average molecular weight is 276 g/mol. The number of carbonyl (C=O) groups is 1. The standard InChI is InChI=1S/C11H4F4O4/c1-3(16)18-5-2-4-6(12)7(13)8(14)9(15)10(4)19-11(5)17/h2H,1H3. The summed E-state index contributed by atoms with van der Waals surface area (Å²) < 4.78 is 61.3. The summed E-state index contributed by atoms with van der Waals surface area (Å²) in [5, 5.41) is -0.854. The Kier molecular flexibility index (Phi) is 3.01. The molecule has 1 aromatic heterocycles. The number of ether oxygens (including phenoxy) is 1. The van der Waals surface area contributed by atoms with Crippen LogP contribution in [0.2, 0.25) is 0 Å². The van der Waals surface area contributed by atoms with E-state index in [-0.39, 0.29) is 0 Å². The number of hydrogen-bond acceptors (Lipinski definition) is 4. The average Bonchev–Trinajstić information content (AvgIpc) is 2.35. The van der Waals surface area contributed by atoms with Crippen molar-refractivity contribution in [1.29, 1.82) is 0 Å². The topological polar surface area (TPSA) is 56.5 Å². The van der Waals surface area contributed by atoms with Gasteiger partial charge in [0.1, 0.15) is 0 Å². The van der Waals surface area contributed by atoms with Gasteiger partial charge in [-0.05, 0) is 0 Å². The zero-order valence-corrected chi connectivity index (χ0v) is 9.22. The second-order valence-corrected chi connectivity index (χ2v) is 3.49. The molecule has 8 heteroatoms. The Balaban J connectivity index is 2.87. The minimum Gasteiger partial charge on any atom is -0.419 e. The molecular weight excluding hydrogens is 272 g/mol. The summed E-state index contributed by atoms with van der Waals surface area (Å²) in [4.78, 5) is 21.9. The molecule has 2 aromatic rings. The van der Waals surface area contributed by atoms with Gasteiger partial charge in [0.15, 0.2) is 17.2 Å². The Labute approximate surface area is 102 Å². The monoisotopic (exact) mass is 276 g/mol. The summed E-state index contributed by atoms with van der Waals surface area (Å²) in [5.41, 5.74) is -2.43. The first-order valence-electron chi connectivity index (χ1n) is 4.81. The van der Waals surface area contributed by atoms with E-state index >= 15 is 0 Å². The molecule has 0 aliphatic rings. The SMILES string of the molecule is CC(=O)Oc1cc2c(F)c(F)c(F)c(F)c2oc1=O. The lowest BCUT2D eigenvalue weighted by Crippen LogP contribution is -2.12. The van der Waals surface area contributed by atoms with E-state index in [1.807, 2.05) is 0 Å². The summed E-state index contributed by atoms with van der Waals surface area (Å²) in [6.07, 6.45) is 0. The van der Waals surface area contributed by atoms with Crippen LogP contribution in [0.1, 0.15) is 6.92 Å². The number of benzene rings is 1. The summed E-state index contributed by atoms with van der Waals surface area (Å²) in [7, 11) is 0. The van der Waals surface area contributed by atoms with Gasteiger partial charge in [0.05, 0.1) is 5.39 Å². The van der Waals surface area contributed by atoms with Crippen LogP contribution in [0.3, 0.4) is 0 Å². The molecule has 0 aliphatic carbocycles. The second-order valence-electron chi connectivity index (χ2n) is 3.49. The maximum atomic E-state index is 13.4. The molecule has 0 saturated heterocycles. The Morgan fingerprint density at radius 3 is 2.26 bits per heavy atom. The summed E-state index contributed by atoms with van der Waals surface area (Å²) >= 11 is 0. The molecule has 0 N–H and O–H groups in total. The lowest BCUT2D eigenvalue weighted by atomic mass is 10.2. The smallest absolute Gasteiger partial charge is 0.379 e. The third-order valence-electron chi connectivity index (χ3n) is 2.18. The predicted molar refractivity (Wildman–Crippen MR) is 53.6 cm³/mol. The highest BCUT2D eigenvalue weighted by atomic mass is 19.2. The van der Waals surface area contributed by atoms with E-state index in [4.69, 9.17) is 0 Å². The Morgan fingerprint density at radius 2 is 1.68 bits per heavy atom. The van der Waals surface area contributed by atoms with Crippen molar-refractivity contribution in [3.05, 3.63) is 39.8 Å². The molecule has 1 heterocycles. The van der Waals surface area contributed by atoms with Crippen LogP contribution in [0.25, 0.3) is 11.0 Å². The van der Waals surface area contributed by atoms with Crippen molar-refractivity contribution in [2.75, 3.05) is 0 Å². The van der Waals surface area contributed by atoms with Crippen molar-refractivity contribution in [1.82, 2.24) is 0 Å². The van der Waals surface area contributed by atoms with E-state index in [1.165, 1.54) is 0 Å². The molecule has 0 radical (unpaired) electrons. The highest BCUT2D eigenvalue weighted by molar-refractivity contribution is 5.80. The van der Waals surface area contributed by atoms with E-state index in [0.29, 0.717) is 6.07 Å². The number of hydrogen-bond donors (Lipinski definition) is 0. The van der Waals surface area contributed by atoms with E-state index in [1.54, 1.807) is 0 Å². The molecule has 4 nitrogen and oxygen atoms in total. The fourth-order valence-electron chi connectivity index (χ4n) is 1.42. The zero-order valence-electron chi connectivity index (χ0n) is 9.22. The van der Waals surface area contributed by atoms with E-state index in [2.05, 4.69) is 9.15 Å². The molecular formula is C11H4F4O4. The highest BCUT2D eigenvalue weighted by Crippen LogP contribution is 2.27. The lowest BCUT2D eigenvalue weighted by molar-refractivity contribution is -0.132. The number of rotatable bonds is 1. The normalized spacial score (nSPS) is 10.8. The van der Waals surface area contributed by atoms with Gasteiger partial charge in [-0.2, -0.15) is 4.39 Å². The van der Waals surface area contributed by atoms with Crippen LogP contribution in [0.5, 0.6) is 5.75 Å². The van der Waals surface area contributed by atoms with Gasteiger partial charge in [0.25, 0.3) is 0 Å². The van der Waals surface area contributed by atoms with Crippen LogP contribution in [0.4, 0.5) is 17.6 Å². The molecule has 0 atom stereocenters. The van der Waals surface area contributed by atoms with Crippen LogP contribution in [0, 0.1) is 23.3 Å². The molecule has 1 aromatic carbocycles. The summed E-state index contributed by atoms with van der Waals surface area (Å²) in [6.45, 7) is 0.950. The molecule has 0 bridgehead atoms. The first kappa shape index (κ1) is 13.1. The first-order chi connectivity index (χ1) is 8.82. The zero-order chi connectivity index (χ0) is 14.3. The fourth-order valence-corrected chi connectivity index (χ4v) is 1.42. The Hall–Kier alpha value is -2.38. The molecule has 100 valence electrons. The minimum absolute atomic E-state index is 0.559. The predicted octanol–water partition coefficient (Wildman–Crippen LogP) is 2.27. The number of esters is 1. The lowest BCUT2D eigenvalue weighted by Gasteiger charge is -2.05. The molecule has 0 spiro atoms. The van der Waals surface area contributed by atoms with E-state index < -0.39 is 51.6 Å². The molecule has 19 heavy (non-hydrogen) atoms. The van der Waals surface area contributed by atoms with E-state index in [0.717, 1.165) is 6.92 Å². The van der Waals surface area contributed by atoms with Gasteiger partial charge < -0.3 is 9.15 Å². The van der Waals surface area contributed by atoms with Crippen molar-refractivity contribution in [2.45, 2.75) is 6.92 Å². The van der Waals surface area contributed by atoms with Crippen molar-refractivity contribution >= 4 is 16.9 Å². The highest BCUT2D eigenvalue weighted by Gasteiger charge is 2.24. The van der Waals surface area contributed by atoms with E-state index in [9.17, 15) is 27.2 Å². The number of fused-ring (bicyclic) bond motifs is 1. The Morgan fingerprint density at radius 1 is 1.11 bits per heavy atom. The maximum Gasteiger partial charge on any atom is 0.379 e. The third kappa shape index (κ3) is 2.05. The number of carbonyl (C=O) groups excluding carboxylic acids is 1. The van der Waals surface area contributed by atoms with Crippen LogP contribution in [-0.4, -0.2) is 5.97 Å². The number of halogens is 4. The second kappa shape index (κ2) is 4.38. The van der Waals surface area contributed by atoms with Gasteiger partial charge in [0.2, 0.25) is 17.4 Å². The van der Waals surface area contributed by atoms with Crippen molar-refractivity contribution in [2.24, 2.45) is 0 Å². The van der Waals surface area contributed by atoms with Gasteiger partial charge in [-0.15, -0.1) is 0 Å². The molecule has 0 unspecified atom stereocenters. The van der Waals surface area contributed by atoms with Crippen molar-refractivity contribution in [3.8, 4) is 5.75 Å². The Bertz CT molecular complexity index is 751. The van der Waals surface area contributed by atoms with Gasteiger partial charge >= 0.3 is 11.6 Å². The van der Waals surface area contributed by atoms with Crippen molar-refractivity contribution < 1.29 is 31.5 Å². The maximum absolute atomic E-state index is 13.4. The molecule has 2 rings (SSSR count). The van der Waals surface area contributed by atoms with Crippen LogP contribution in [-0.2, 0) is 4.79 Å². The van der Waals surface area contributed by atoms with Crippen LogP contribution >= 0.6 is 0 Å². The summed E-state index contributed by atoms with van der Waals surface area (Å²) in [6, 6.07) is 0.559. The third-order valence-corrected chi connectivity index (χ3v) is 2.18. The molecule has 0 amide bonds. The largest absolute Gasteiger partial charge is 0.419 e. The van der Waals surface area contributed by atoms with Gasteiger partial charge in [-0.25, -0.2) is 18.0 Å². The molecule has 0 fully saturated rings. The summed E-state index contributed by atoms with van der Waals surface area (Å²) in [5.74, 6) is -9.45. The van der Waals surface area contributed by atoms with Gasteiger partial charge in [-0.3, -0.25) is 4.79 Å². The first-order valence-corrected chi connectivity index (χ1v) is 4.81. The molecule has 0 saturated carbocycles. The quantitative estimate of drug-likeness (QED) is 0.263. The van der Waals surface area contributed by atoms with Crippen molar-refractivity contribution in [3.63, 3.8) is 0 Å². The minimum atomic E-state index is -2.10. The van der Waals surface area contributed by atoms with Crippen LogP contribution in [0.15, 0.2) is 15.3 Å². The van der Waals surface area contributed by atoms with Crippen LogP contribution < -0.4 is 10.4 Å². The van der Waals surface area contributed by atoms with Gasteiger partial charge in [0, 0.05) is 13.0 Å². The fraction of sp³-hybridized carbons (Fsp3) is 0.0909. The molecule has 0 aliphatic heterocycles. The van der Waals surface area contributed by atoms with Gasteiger partial charge in [-0.1, -0.05) is 0 Å².